The largest absolute Gasteiger partial charge is 0.388 e. The molecule has 2 aliphatic carbocycles. The molecule has 2 saturated carbocycles. The normalized spacial score (nSPS) is 30.8. The summed E-state index contributed by atoms with van der Waals surface area (Å²) in [6, 6.07) is 0.175. The van der Waals surface area contributed by atoms with Gasteiger partial charge in [0.05, 0.1) is 5.60 Å². The lowest BCUT2D eigenvalue weighted by Crippen LogP contribution is -2.51. The Hall–Kier alpha value is -0.770. The van der Waals surface area contributed by atoms with E-state index in [0.717, 1.165) is 19.3 Å². The number of carbonyl (C=O) groups excluding carboxylic acids is 1. The van der Waals surface area contributed by atoms with Crippen LogP contribution in [0, 0.1) is 11.8 Å². The summed E-state index contributed by atoms with van der Waals surface area (Å²) < 4.78 is 0. The fourth-order valence-electron chi connectivity index (χ4n) is 3.71. The summed E-state index contributed by atoms with van der Waals surface area (Å²) in [7, 11) is 0. The molecule has 0 heterocycles. The van der Waals surface area contributed by atoms with Crippen molar-refractivity contribution < 1.29 is 9.90 Å². The van der Waals surface area contributed by atoms with Crippen LogP contribution in [0.3, 0.4) is 0 Å². The van der Waals surface area contributed by atoms with Crippen LogP contribution in [-0.4, -0.2) is 29.3 Å². The lowest BCUT2D eigenvalue weighted by atomic mass is 9.78. The first-order valence-electron chi connectivity index (χ1n) is 8.26. The second kappa shape index (κ2) is 6.79. The lowest BCUT2D eigenvalue weighted by molar-refractivity contribution is -0.0131. The minimum absolute atomic E-state index is 0.125. The van der Waals surface area contributed by atoms with Crippen LogP contribution in [0.25, 0.3) is 0 Å². The van der Waals surface area contributed by atoms with E-state index >= 15 is 0 Å². The summed E-state index contributed by atoms with van der Waals surface area (Å²) in [4.78, 5) is 11.9. The molecule has 0 aliphatic heterocycles. The van der Waals surface area contributed by atoms with E-state index in [1.807, 2.05) is 6.92 Å². The molecule has 3 N–H and O–H groups in total. The molecule has 2 rings (SSSR count). The van der Waals surface area contributed by atoms with Gasteiger partial charge in [-0.05, 0) is 44.4 Å². The van der Waals surface area contributed by atoms with Crippen molar-refractivity contribution in [1.29, 1.82) is 0 Å². The van der Waals surface area contributed by atoms with E-state index in [-0.39, 0.29) is 6.03 Å². The lowest BCUT2D eigenvalue weighted by Gasteiger charge is -2.35. The highest BCUT2D eigenvalue weighted by Crippen LogP contribution is 2.32. The van der Waals surface area contributed by atoms with E-state index in [0.29, 0.717) is 24.4 Å². The Morgan fingerprint density at radius 3 is 2.45 bits per heavy atom. The quantitative estimate of drug-likeness (QED) is 0.742. The van der Waals surface area contributed by atoms with Crippen LogP contribution in [0.2, 0.25) is 0 Å². The second-order valence-electron chi connectivity index (χ2n) is 7.03. The average molecular weight is 282 g/mol. The Morgan fingerprint density at radius 1 is 1.15 bits per heavy atom. The molecule has 2 aliphatic rings. The van der Waals surface area contributed by atoms with Gasteiger partial charge in [0.2, 0.25) is 0 Å². The van der Waals surface area contributed by atoms with Crippen LogP contribution < -0.4 is 10.6 Å². The van der Waals surface area contributed by atoms with Crippen LogP contribution in [-0.2, 0) is 0 Å². The summed E-state index contributed by atoms with van der Waals surface area (Å²) in [6.07, 6.45) is 9.31. The van der Waals surface area contributed by atoms with E-state index in [1.54, 1.807) is 0 Å². The van der Waals surface area contributed by atoms with Gasteiger partial charge in [-0.15, -0.1) is 0 Å². The molecule has 116 valence electrons. The molecule has 4 nitrogen and oxygen atoms in total. The average Bonchev–Trinajstić information content (AvgIpc) is 2.83. The molecule has 3 unspecified atom stereocenters. The van der Waals surface area contributed by atoms with Crippen LogP contribution in [0.1, 0.15) is 65.2 Å². The number of nitrogens with one attached hydrogen (secondary N) is 2. The van der Waals surface area contributed by atoms with Crippen LogP contribution >= 0.6 is 0 Å². The number of urea groups is 1. The van der Waals surface area contributed by atoms with Crippen molar-refractivity contribution in [3.63, 3.8) is 0 Å². The van der Waals surface area contributed by atoms with Crippen LogP contribution in [0.15, 0.2) is 0 Å². The molecule has 0 bridgehead atoms. The van der Waals surface area contributed by atoms with Crippen LogP contribution in [0.5, 0.6) is 0 Å². The smallest absolute Gasteiger partial charge is 0.315 e. The van der Waals surface area contributed by atoms with Gasteiger partial charge >= 0.3 is 6.03 Å². The van der Waals surface area contributed by atoms with Crippen molar-refractivity contribution in [2.75, 3.05) is 6.54 Å². The fraction of sp³-hybridized carbons (Fsp3) is 0.938. The SMILES string of the molecule is CC1CCCC1NC(=O)NCC(C)(O)C1CCCCC1. The third-order valence-electron chi connectivity index (χ3n) is 5.27. The second-order valence-corrected chi connectivity index (χ2v) is 7.03. The monoisotopic (exact) mass is 282 g/mol. The van der Waals surface area contributed by atoms with Crippen molar-refractivity contribution in [1.82, 2.24) is 10.6 Å². The molecule has 2 fully saturated rings. The third-order valence-corrected chi connectivity index (χ3v) is 5.27. The van der Waals surface area contributed by atoms with Gasteiger partial charge in [-0.2, -0.15) is 0 Å². The van der Waals surface area contributed by atoms with Crippen molar-refractivity contribution in [3.05, 3.63) is 0 Å². The molecule has 0 radical (unpaired) electrons. The van der Waals surface area contributed by atoms with Gasteiger partial charge in [0.25, 0.3) is 0 Å². The Balaban J connectivity index is 1.74. The minimum atomic E-state index is -0.779. The molecule has 3 atom stereocenters. The molecule has 0 saturated heterocycles. The van der Waals surface area contributed by atoms with E-state index in [1.165, 1.54) is 32.1 Å². The van der Waals surface area contributed by atoms with Crippen molar-refractivity contribution in [2.45, 2.75) is 76.9 Å². The van der Waals surface area contributed by atoms with Gasteiger partial charge in [-0.25, -0.2) is 4.79 Å². The molecule has 2 amide bonds. The maximum absolute atomic E-state index is 11.9. The number of aliphatic hydroxyl groups is 1. The molecule has 0 aromatic carbocycles. The van der Waals surface area contributed by atoms with E-state index in [9.17, 15) is 9.90 Å². The first-order valence-corrected chi connectivity index (χ1v) is 8.26. The molecule has 4 heteroatoms. The van der Waals surface area contributed by atoms with Gasteiger partial charge in [0.1, 0.15) is 0 Å². The first-order chi connectivity index (χ1) is 9.49. The van der Waals surface area contributed by atoms with E-state index in [4.69, 9.17) is 0 Å². The Morgan fingerprint density at radius 2 is 1.85 bits per heavy atom. The maximum atomic E-state index is 11.9. The van der Waals surface area contributed by atoms with Gasteiger partial charge in [0.15, 0.2) is 0 Å². The molecular weight excluding hydrogens is 252 g/mol. The molecular formula is C16H30N2O2. The molecule has 0 spiro atoms. The van der Waals surface area contributed by atoms with Crippen LogP contribution in [0.4, 0.5) is 4.79 Å². The number of hydrogen-bond acceptors (Lipinski definition) is 2. The topological polar surface area (TPSA) is 61.4 Å². The highest BCUT2D eigenvalue weighted by atomic mass is 16.3. The van der Waals surface area contributed by atoms with E-state index in [2.05, 4.69) is 17.6 Å². The third kappa shape index (κ3) is 4.11. The van der Waals surface area contributed by atoms with Gasteiger partial charge in [-0.3, -0.25) is 0 Å². The van der Waals surface area contributed by atoms with Crippen molar-refractivity contribution in [3.8, 4) is 0 Å². The Kier molecular flexibility index (Phi) is 5.30. The number of carbonyl (C=O) groups is 1. The van der Waals surface area contributed by atoms with Gasteiger partial charge in [0, 0.05) is 12.6 Å². The maximum Gasteiger partial charge on any atom is 0.315 e. The van der Waals surface area contributed by atoms with Crippen molar-refractivity contribution in [2.24, 2.45) is 11.8 Å². The summed E-state index contributed by atoms with van der Waals surface area (Å²) in [5.41, 5.74) is -0.779. The van der Waals surface area contributed by atoms with Gasteiger partial charge < -0.3 is 15.7 Å². The number of rotatable bonds is 4. The first kappa shape index (κ1) is 15.6. The molecule has 0 aromatic rings. The van der Waals surface area contributed by atoms with Crippen molar-refractivity contribution >= 4 is 6.03 Å². The van der Waals surface area contributed by atoms with Gasteiger partial charge in [-0.1, -0.05) is 32.6 Å². The molecule has 20 heavy (non-hydrogen) atoms. The Labute approximate surface area is 122 Å². The number of amides is 2. The summed E-state index contributed by atoms with van der Waals surface area (Å²) in [6.45, 7) is 4.40. The zero-order chi connectivity index (χ0) is 14.6. The summed E-state index contributed by atoms with van der Waals surface area (Å²) >= 11 is 0. The fourth-order valence-corrected chi connectivity index (χ4v) is 3.71. The standard InChI is InChI=1S/C16H30N2O2/c1-12-7-6-10-14(12)18-15(19)17-11-16(2,20)13-8-4-3-5-9-13/h12-14,20H,3-11H2,1-2H3,(H2,17,18,19). The predicted molar refractivity (Wildman–Crippen MR) is 80.5 cm³/mol. The molecule has 0 aromatic heterocycles. The summed E-state index contributed by atoms with van der Waals surface area (Å²) in [5, 5.41) is 16.5. The minimum Gasteiger partial charge on any atom is -0.388 e. The zero-order valence-electron chi connectivity index (χ0n) is 13.0. The number of hydrogen-bond donors (Lipinski definition) is 3. The highest BCUT2D eigenvalue weighted by molar-refractivity contribution is 5.74. The summed E-state index contributed by atoms with van der Waals surface area (Å²) in [5.74, 6) is 0.890. The Bertz CT molecular complexity index is 324. The predicted octanol–water partition coefficient (Wildman–Crippen LogP) is 2.81. The highest BCUT2D eigenvalue weighted by Gasteiger charge is 2.33. The van der Waals surface area contributed by atoms with E-state index < -0.39 is 5.60 Å². The zero-order valence-corrected chi connectivity index (χ0v) is 13.0.